The van der Waals surface area contributed by atoms with Crippen LogP contribution in [0.4, 0.5) is 9.59 Å². The normalized spacial score (nSPS) is 21.7. The summed E-state index contributed by atoms with van der Waals surface area (Å²) in [6.07, 6.45) is 5.92. The smallest absolute Gasteiger partial charge is 0.407 e. The molecule has 4 N–H and O–H groups in total. The number of ether oxygens (including phenoxy) is 4. The van der Waals surface area contributed by atoms with E-state index in [1.165, 1.54) is 14.2 Å². The molecule has 17 heteroatoms. The topological polar surface area (TPSA) is 193 Å². The molecule has 2 saturated carbocycles. The van der Waals surface area contributed by atoms with Crippen LogP contribution in [-0.4, -0.2) is 93.1 Å². The third-order valence-electron chi connectivity index (χ3n) is 15.9. The second-order valence-corrected chi connectivity index (χ2v) is 21.1. The predicted molar refractivity (Wildman–Crippen MR) is 254 cm³/mol. The Morgan fingerprint density at radius 3 is 1.59 bits per heavy atom. The van der Waals surface area contributed by atoms with E-state index in [9.17, 15) is 19.2 Å². The molecule has 2 aromatic heterocycles. The fraction of sp³-hybridized carbons (Fsp3) is 0.569. The number of hydrogen-bond donors (Lipinski definition) is 4. The van der Waals surface area contributed by atoms with Gasteiger partial charge in [0, 0.05) is 46.5 Å². The van der Waals surface area contributed by atoms with E-state index in [0.29, 0.717) is 49.4 Å². The van der Waals surface area contributed by atoms with Crippen molar-refractivity contribution in [1.29, 1.82) is 0 Å². The number of nitrogens with zero attached hydrogens (tertiary/aromatic N) is 4. The molecule has 4 aromatic rings. The highest BCUT2D eigenvalue weighted by Gasteiger charge is 2.57. The number of aromatic nitrogens is 4. The molecule has 6 heterocycles. The number of halogens is 1. The minimum atomic E-state index is -0.737. The Balaban J connectivity index is 0.943. The summed E-state index contributed by atoms with van der Waals surface area (Å²) < 4.78 is 23.0. The molecule has 16 nitrogen and oxygen atoms in total. The first-order valence-electron chi connectivity index (χ1n) is 24.3. The molecule has 2 spiro atoms. The van der Waals surface area contributed by atoms with Crippen molar-refractivity contribution < 1.29 is 38.1 Å². The minimum absolute atomic E-state index is 0.0346. The van der Waals surface area contributed by atoms with Crippen LogP contribution < -0.4 is 20.1 Å². The molecule has 4 fully saturated rings. The lowest BCUT2D eigenvalue weighted by molar-refractivity contribution is -0.136. The molecular formula is C51H63ClN8O8. The Hall–Kier alpha value is -5.77. The van der Waals surface area contributed by atoms with Crippen LogP contribution in [-0.2, 0) is 32.3 Å². The molecular weight excluding hydrogens is 888 g/mol. The molecule has 0 radical (unpaired) electrons. The van der Waals surface area contributed by atoms with Crippen molar-refractivity contribution in [2.24, 2.45) is 22.7 Å². The van der Waals surface area contributed by atoms with Crippen molar-refractivity contribution in [1.82, 2.24) is 40.4 Å². The number of likely N-dealkylation sites (tertiary alicyclic amines) is 2. The zero-order chi connectivity index (χ0) is 48.0. The number of benzene rings is 2. The van der Waals surface area contributed by atoms with Crippen LogP contribution in [0.3, 0.4) is 0 Å². The molecule has 0 bridgehead atoms. The van der Waals surface area contributed by atoms with E-state index in [0.717, 1.165) is 107 Å². The van der Waals surface area contributed by atoms with Gasteiger partial charge in [0.15, 0.2) is 5.15 Å². The SMILES string of the molecule is CC[C@H](C)[C@H](NC(=O)OC)C(=O)N1CC2(CC2)C[C@@H]1c1nc(Cl)c(-c2cc3c4c(c2)OCc2cc(-c5[nH]c([C@H]6CC7(CC7)CN6C(=O)[C@@H](NC(=O)OC)[C@@H](C)CC)nc5C(C)C)cc(c2-4)OC3)[nH]1. The van der Waals surface area contributed by atoms with Crippen LogP contribution in [0.25, 0.3) is 33.6 Å². The largest absolute Gasteiger partial charge is 0.488 e. The molecule has 6 aliphatic rings. The van der Waals surface area contributed by atoms with Gasteiger partial charge in [0.05, 0.1) is 43.4 Å². The lowest BCUT2D eigenvalue weighted by Gasteiger charge is -2.31. The summed E-state index contributed by atoms with van der Waals surface area (Å²) in [6.45, 7) is 14.0. The second kappa shape index (κ2) is 17.3. The van der Waals surface area contributed by atoms with Gasteiger partial charge in [-0.15, -0.1) is 0 Å². The number of carbonyl (C=O) groups excluding carboxylic acids is 4. The summed E-state index contributed by atoms with van der Waals surface area (Å²) in [4.78, 5) is 74.6. The highest BCUT2D eigenvalue weighted by molar-refractivity contribution is 6.32. The number of carbonyl (C=O) groups is 4. The molecule has 4 aliphatic heterocycles. The Labute approximate surface area is 401 Å². The molecule has 2 aliphatic carbocycles. The number of aromatic amines is 2. The zero-order valence-corrected chi connectivity index (χ0v) is 41.0. The average Bonchev–Trinajstić information content (AvgIpc) is 4.00. The Bertz CT molecular complexity index is 2640. The molecule has 0 unspecified atom stereocenters. The number of hydrogen-bond acceptors (Lipinski definition) is 10. The Kier molecular flexibility index (Phi) is 11.7. The van der Waals surface area contributed by atoms with Gasteiger partial charge in [-0.05, 0) is 91.4 Å². The van der Waals surface area contributed by atoms with Crippen molar-refractivity contribution in [3.05, 3.63) is 57.9 Å². The van der Waals surface area contributed by atoms with Gasteiger partial charge in [0.1, 0.15) is 48.4 Å². The summed E-state index contributed by atoms with van der Waals surface area (Å²) in [5, 5.41) is 5.93. The van der Waals surface area contributed by atoms with Gasteiger partial charge >= 0.3 is 12.2 Å². The number of alkyl carbamates (subject to hydrolysis) is 2. The number of imidazole rings is 2. The zero-order valence-electron chi connectivity index (χ0n) is 40.3. The average molecular weight is 952 g/mol. The monoisotopic (exact) mass is 950 g/mol. The standard InChI is InChI=1S/C51H63ClN8O8/c1-9-26(5)39(56-48(63)65-7)46(61)59-23-50(11-12-50)19-32(59)44-53-38(25(3)4)41(54-44)28-15-30-21-68-35-18-29(16-31-22-67-34(17-28)36(30)37(31)35)42-43(52)58-45(55-42)33-20-51(13-14-51)24-60(33)47(62)40(27(6)10-2)57-49(64)66-8/h15-18,25-27,32-33,39-40H,9-14,19-24H2,1-8H3,(H,53,54)(H,55,58)(H,56,63)(H,57,64)/t26-,27-,32+,33+,39-,40-/m0/s1. The van der Waals surface area contributed by atoms with Crippen LogP contribution in [0, 0.1) is 22.7 Å². The Morgan fingerprint density at radius 1 is 0.721 bits per heavy atom. The van der Waals surface area contributed by atoms with Gasteiger partial charge in [0.2, 0.25) is 11.8 Å². The third-order valence-corrected chi connectivity index (χ3v) is 16.2. The number of H-pyrrole nitrogens is 2. The molecule has 4 amide bonds. The molecule has 6 atom stereocenters. The lowest BCUT2D eigenvalue weighted by Crippen LogP contribution is -2.51. The van der Waals surface area contributed by atoms with Crippen molar-refractivity contribution in [3.8, 4) is 45.1 Å². The fourth-order valence-electron chi connectivity index (χ4n) is 11.1. The fourth-order valence-corrected chi connectivity index (χ4v) is 11.4. The summed E-state index contributed by atoms with van der Waals surface area (Å²) in [5.41, 5.74) is 8.16. The van der Waals surface area contributed by atoms with E-state index in [1.807, 2.05) is 43.6 Å². The van der Waals surface area contributed by atoms with E-state index in [1.54, 1.807) is 0 Å². The number of methoxy groups -OCH3 is 2. The van der Waals surface area contributed by atoms with Gasteiger partial charge < -0.3 is 49.3 Å². The Morgan fingerprint density at radius 2 is 1.16 bits per heavy atom. The maximum atomic E-state index is 14.4. The summed E-state index contributed by atoms with van der Waals surface area (Å²) in [5.74, 6) is 2.45. The number of rotatable bonds is 13. The van der Waals surface area contributed by atoms with E-state index >= 15 is 0 Å². The van der Waals surface area contributed by atoms with Crippen LogP contribution in [0.5, 0.6) is 11.5 Å². The van der Waals surface area contributed by atoms with Crippen LogP contribution in [0.15, 0.2) is 24.3 Å². The maximum Gasteiger partial charge on any atom is 0.407 e. The highest BCUT2D eigenvalue weighted by atomic mass is 35.5. The van der Waals surface area contributed by atoms with E-state index in [-0.39, 0.29) is 52.5 Å². The van der Waals surface area contributed by atoms with Crippen molar-refractivity contribution in [2.75, 3.05) is 27.3 Å². The maximum absolute atomic E-state index is 14.4. The van der Waals surface area contributed by atoms with Gasteiger partial charge in [0.25, 0.3) is 0 Å². The highest BCUT2D eigenvalue weighted by Crippen LogP contribution is 2.60. The van der Waals surface area contributed by atoms with E-state index < -0.39 is 24.3 Å². The minimum Gasteiger partial charge on any atom is -0.488 e. The third kappa shape index (κ3) is 8.03. The van der Waals surface area contributed by atoms with Crippen LogP contribution >= 0.6 is 11.6 Å². The summed E-state index contributed by atoms with van der Waals surface area (Å²) in [6, 6.07) is 6.25. The molecule has 362 valence electrons. The molecule has 68 heavy (non-hydrogen) atoms. The lowest BCUT2D eigenvalue weighted by atomic mass is 9.87. The predicted octanol–water partition coefficient (Wildman–Crippen LogP) is 9.34. The number of nitrogens with one attached hydrogen (secondary N) is 4. The van der Waals surface area contributed by atoms with Gasteiger partial charge in [-0.25, -0.2) is 19.6 Å². The van der Waals surface area contributed by atoms with E-state index in [2.05, 4.69) is 52.6 Å². The second-order valence-electron chi connectivity index (χ2n) is 20.8. The summed E-state index contributed by atoms with van der Waals surface area (Å²) >= 11 is 6.98. The first-order valence-corrected chi connectivity index (χ1v) is 24.7. The molecule has 10 rings (SSSR count). The quantitative estimate of drug-likeness (QED) is 0.100. The first kappa shape index (κ1) is 46.0. The first-order chi connectivity index (χ1) is 32.6. The van der Waals surface area contributed by atoms with Crippen LogP contribution in [0.2, 0.25) is 5.15 Å². The van der Waals surface area contributed by atoms with E-state index in [4.69, 9.17) is 40.5 Å². The number of amides is 4. The van der Waals surface area contributed by atoms with Gasteiger partial charge in [-0.2, -0.15) is 0 Å². The van der Waals surface area contributed by atoms with Crippen molar-refractivity contribution in [2.45, 2.75) is 136 Å². The molecule has 2 aromatic carbocycles. The van der Waals surface area contributed by atoms with Crippen molar-refractivity contribution >= 4 is 35.6 Å². The molecule has 2 saturated heterocycles. The summed E-state index contributed by atoms with van der Waals surface area (Å²) in [7, 11) is 2.62. The van der Waals surface area contributed by atoms with Gasteiger partial charge in [-0.3, -0.25) is 9.59 Å². The van der Waals surface area contributed by atoms with Crippen molar-refractivity contribution in [3.63, 3.8) is 0 Å². The van der Waals surface area contributed by atoms with Gasteiger partial charge in [-0.1, -0.05) is 66.0 Å². The van der Waals surface area contributed by atoms with Crippen LogP contribution in [0.1, 0.15) is 139 Å².